The third-order valence-electron chi connectivity index (χ3n) is 6.42. The second-order valence-electron chi connectivity index (χ2n) is 9.48. The highest BCUT2D eigenvalue weighted by Crippen LogP contribution is 2.30. The third kappa shape index (κ3) is 8.23. The van der Waals surface area contributed by atoms with Crippen LogP contribution in [-0.2, 0) is 0 Å². The molecule has 0 bridgehead atoms. The lowest BCUT2D eigenvalue weighted by molar-refractivity contribution is 0.252. The number of carbonyl (C=O) groups excluding carboxylic acids is 1. The number of amides is 2. The second-order valence-corrected chi connectivity index (χ2v) is 9.48. The fourth-order valence-corrected chi connectivity index (χ4v) is 4.35. The maximum absolute atomic E-state index is 12.3. The molecule has 0 saturated carbocycles. The highest BCUT2D eigenvalue weighted by Gasteiger charge is 2.09. The summed E-state index contributed by atoms with van der Waals surface area (Å²) in [5.74, 6) is 0.748. The van der Waals surface area contributed by atoms with Crippen molar-refractivity contribution in [2.75, 3.05) is 11.9 Å². The molecule has 35 heavy (non-hydrogen) atoms. The van der Waals surface area contributed by atoms with Gasteiger partial charge in [0.25, 0.3) is 0 Å². The summed E-state index contributed by atoms with van der Waals surface area (Å²) in [4.78, 5) is 21.3. The maximum Gasteiger partial charge on any atom is 0.320 e. The summed E-state index contributed by atoms with van der Waals surface area (Å²) >= 11 is 0. The van der Waals surface area contributed by atoms with Crippen molar-refractivity contribution in [3.05, 3.63) is 47.7 Å². The predicted octanol–water partition coefficient (Wildman–Crippen LogP) is 8.40. The van der Waals surface area contributed by atoms with Gasteiger partial charge in [0.1, 0.15) is 5.75 Å². The zero-order chi connectivity index (χ0) is 25.0. The summed E-state index contributed by atoms with van der Waals surface area (Å²) in [6.45, 7) is 6.69. The highest BCUT2D eigenvalue weighted by molar-refractivity contribution is 5.90. The average molecular weight is 483 g/mol. The van der Waals surface area contributed by atoms with Crippen molar-refractivity contribution in [1.29, 1.82) is 0 Å². The molecule has 0 aliphatic rings. The SMILES string of the molecule is CCCCCCCCCCCCNC(=O)Nc1cnc2ccc(-c3cc(C)c(O)c(C)c3)cc2n1.[HH].[HH].[HH]. The summed E-state index contributed by atoms with van der Waals surface area (Å²) in [6.07, 6.45) is 14.3. The topological polar surface area (TPSA) is 87.1 Å². The Morgan fingerprint density at radius 2 is 1.49 bits per heavy atom. The molecular weight excluding hydrogens is 436 g/mol. The average Bonchev–Trinajstić information content (AvgIpc) is 2.85. The number of aromatic hydroxyl groups is 1. The first-order valence-corrected chi connectivity index (χ1v) is 13.1. The fraction of sp³-hybridized carbons (Fsp3) is 0.483. The molecule has 1 aromatic heterocycles. The third-order valence-corrected chi connectivity index (χ3v) is 6.42. The van der Waals surface area contributed by atoms with Gasteiger partial charge in [-0.3, -0.25) is 10.3 Å². The fourth-order valence-electron chi connectivity index (χ4n) is 4.35. The van der Waals surface area contributed by atoms with E-state index in [2.05, 4.69) is 27.5 Å². The van der Waals surface area contributed by atoms with Crippen molar-refractivity contribution in [1.82, 2.24) is 15.3 Å². The number of phenols is 1. The van der Waals surface area contributed by atoms with Crippen LogP contribution in [0.3, 0.4) is 0 Å². The Hall–Kier alpha value is -3.15. The number of urea groups is 1. The monoisotopic (exact) mass is 482 g/mol. The van der Waals surface area contributed by atoms with Crippen LogP contribution in [0.2, 0.25) is 0 Å². The lowest BCUT2D eigenvalue weighted by Crippen LogP contribution is -2.29. The van der Waals surface area contributed by atoms with Gasteiger partial charge in [-0.25, -0.2) is 9.78 Å². The van der Waals surface area contributed by atoms with Crippen LogP contribution in [0.25, 0.3) is 22.2 Å². The molecular formula is C29H46N4O2. The Morgan fingerprint density at radius 1 is 0.857 bits per heavy atom. The van der Waals surface area contributed by atoms with Crippen molar-refractivity contribution >= 4 is 22.9 Å². The van der Waals surface area contributed by atoms with Crippen LogP contribution in [0.5, 0.6) is 5.75 Å². The molecule has 1 heterocycles. The van der Waals surface area contributed by atoms with Crippen LogP contribution in [-0.4, -0.2) is 27.7 Å². The van der Waals surface area contributed by atoms with E-state index in [-0.39, 0.29) is 10.3 Å². The minimum atomic E-state index is -0.254. The Balaban J connectivity index is 0.00000456. The lowest BCUT2D eigenvalue weighted by Gasteiger charge is -2.10. The molecule has 0 aliphatic carbocycles. The second kappa shape index (κ2) is 13.7. The standard InChI is InChI=1S/C29H40N4O2.3H2/c1-4-5-6-7-8-9-10-11-12-13-16-30-29(35)33-27-20-31-25-15-14-23(19-26(25)32-27)24-17-21(2)28(34)22(3)18-24;;;/h14-15,17-20,34H,4-13,16H2,1-3H3,(H2,30,32,33,35);3*1H. The van der Waals surface area contributed by atoms with E-state index in [1.807, 2.05) is 44.2 Å². The molecule has 3 aromatic rings. The summed E-state index contributed by atoms with van der Waals surface area (Å²) in [7, 11) is 0. The molecule has 0 saturated heterocycles. The molecule has 0 unspecified atom stereocenters. The van der Waals surface area contributed by atoms with Crippen LogP contribution in [0.1, 0.15) is 86.5 Å². The molecule has 0 aliphatic heterocycles. The predicted molar refractivity (Wildman–Crippen MR) is 151 cm³/mol. The number of rotatable bonds is 13. The van der Waals surface area contributed by atoms with E-state index in [4.69, 9.17) is 0 Å². The van der Waals surface area contributed by atoms with Crippen LogP contribution < -0.4 is 10.6 Å². The number of carbonyl (C=O) groups is 1. The molecule has 3 rings (SSSR count). The normalized spacial score (nSPS) is 11.1. The van der Waals surface area contributed by atoms with Gasteiger partial charge >= 0.3 is 6.03 Å². The summed E-state index contributed by atoms with van der Waals surface area (Å²) < 4.78 is 0. The number of aromatic nitrogens is 2. The minimum absolute atomic E-state index is 0. The number of hydrogen-bond acceptors (Lipinski definition) is 4. The van der Waals surface area contributed by atoms with Crippen LogP contribution >= 0.6 is 0 Å². The Kier molecular flexibility index (Phi) is 10.3. The van der Waals surface area contributed by atoms with Crippen molar-refractivity contribution in [2.24, 2.45) is 0 Å². The van der Waals surface area contributed by atoms with Crippen molar-refractivity contribution in [3.63, 3.8) is 0 Å². The largest absolute Gasteiger partial charge is 0.507 e. The summed E-state index contributed by atoms with van der Waals surface area (Å²) in [5.41, 5.74) is 5.13. The van der Waals surface area contributed by atoms with Crippen LogP contribution in [0.4, 0.5) is 10.6 Å². The van der Waals surface area contributed by atoms with Crippen LogP contribution in [0, 0.1) is 13.8 Å². The van der Waals surface area contributed by atoms with Crippen molar-refractivity contribution in [2.45, 2.75) is 85.0 Å². The zero-order valence-electron chi connectivity index (χ0n) is 21.5. The first-order chi connectivity index (χ1) is 17.0. The Labute approximate surface area is 214 Å². The molecule has 6 heteroatoms. The molecule has 2 amide bonds. The summed E-state index contributed by atoms with van der Waals surface area (Å²) in [5, 5.41) is 15.8. The van der Waals surface area contributed by atoms with Crippen molar-refractivity contribution < 1.29 is 14.2 Å². The number of nitrogens with one attached hydrogen (secondary N) is 2. The van der Waals surface area contributed by atoms with E-state index in [0.717, 1.165) is 40.6 Å². The maximum atomic E-state index is 12.3. The number of unbranched alkanes of at least 4 members (excludes halogenated alkanes) is 9. The number of fused-ring (bicyclic) bond motifs is 1. The zero-order valence-corrected chi connectivity index (χ0v) is 21.5. The number of phenolic OH excluding ortho intramolecular Hbond substituents is 1. The van der Waals surface area contributed by atoms with E-state index in [1.165, 1.54) is 51.4 Å². The smallest absolute Gasteiger partial charge is 0.320 e. The van der Waals surface area contributed by atoms with Gasteiger partial charge in [-0.1, -0.05) is 70.8 Å². The van der Waals surface area contributed by atoms with Gasteiger partial charge in [0, 0.05) is 10.8 Å². The first-order valence-electron chi connectivity index (χ1n) is 13.1. The molecule has 2 aromatic carbocycles. The summed E-state index contributed by atoms with van der Waals surface area (Å²) in [6, 6.07) is 9.54. The number of nitrogens with zero attached hydrogens (tertiary/aromatic N) is 2. The molecule has 0 spiro atoms. The van der Waals surface area contributed by atoms with Gasteiger partial charge in [-0.2, -0.15) is 0 Å². The van der Waals surface area contributed by atoms with E-state index in [1.54, 1.807) is 6.20 Å². The number of hydrogen-bond donors (Lipinski definition) is 3. The molecule has 3 N–H and O–H groups in total. The molecule has 0 atom stereocenters. The van der Waals surface area contributed by atoms with Gasteiger partial charge in [0.2, 0.25) is 0 Å². The molecule has 0 radical (unpaired) electrons. The van der Waals surface area contributed by atoms with Gasteiger partial charge in [0.15, 0.2) is 5.82 Å². The lowest BCUT2D eigenvalue weighted by atomic mass is 9.99. The molecule has 6 nitrogen and oxygen atoms in total. The van der Waals surface area contributed by atoms with Gasteiger partial charge < -0.3 is 10.4 Å². The van der Waals surface area contributed by atoms with Gasteiger partial charge in [-0.05, 0) is 66.8 Å². The highest BCUT2D eigenvalue weighted by atomic mass is 16.3. The Morgan fingerprint density at radius 3 is 2.14 bits per heavy atom. The first kappa shape index (κ1) is 26.5. The minimum Gasteiger partial charge on any atom is -0.507 e. The van der Waals surface area contributed by atoms with E-state index in [9.17, 15) is 9.90 Å². The number of aryl methyl sites for hydroxylation is 2. The van der Waals surface area contributed by atoms with Gasteiger partial charge in [-0.15, -0.1) is 0 Å². The Bertz CT molecular complexity index is 1110. The van der Waals surface area contributed by atoms with E-state index >= 15 is 0 Å². The van der Waals surface area contributed by atoms with Crippen molar-refractivity contribution in [3.8, 4) is 16.9 Å². The van der Waals surface area contributed by atoms with E-state index in [0.29, 0.717) is 23.6 Å². The number of anilines is 1. The quantitative estimate of drug-likeness (QED) is 0.213. The van der Waals surface area contributed by atoms with E-state index < -0.39 is 0 Å². The molecule has 194 valence electrons. The van der Waals surface area contributed by atoms with Crippen LogP contribution in [0.15, 0.2) is 36.5 Å². The number of benzene rings is 2. The molecule has 0 fully saturated rings. The van der Waals surface area contributed by atoms with Gasteiger partial charge in [0.05, 0.1) is 17.2 Å².